The highest BCUT2D eigenvalue weighted by Gasteiger charge is 2.15. The highest BCUT2D eigenvalue weighted by Crippen LogP contribution is 2.28. The maximum absolute atomic E-state index is 12.8. The van der Waals surface area contributed by atoms with Gasteiger partial charge in [0.05, 0.1) is 14.2 Å². The molecule has 0 fully saturated rings. The Hall–Kier alpha value is -14.6. The summed E-state index contributed by atoms with van der Waals surface area (Å²) in [6, 6.07) is 111. The third-order valence-corrected chi connectivity index (χ3v) is 20.0. The molecule has 12 aromatic carbocycles. The summed E-state index contributed by atoms with van der Waals surface area (Å²) >= 11 is 0. The number of aromatic nitrogens is 6. The van der Waals surface area contributed by atoms with Crippen molar-refractivity contribution in [2.24, 2.45) is 0 Å². The summed E-state index contributed by atoms with van der Waals surface area (Å²) in [7, 11) is 3.30. The molecule has 0 bridgehead atoms. The lowest BCUT2D eigenvalue weighted by Gasteiger charge is -2.16. The molecular weight excluding hydrogens is 1440 g/mol. The van der Waals surface area contributed by atoms with Crippen LogP contribution in [0, 0.1) is 5.82 Å². The number of ether oxygens (including phenoxy) is 2. The van der Waals surface area contributed by atoms with Crippen LogP contribution < -0.4 is 42.8 Å². The zero-order valence-electron chi connectivity index (χ0n) is 64.6. The molecule has 6 aromatic heterocycles. The van der Waals surface area contributed by atoms with Crippen molar-refractivity contribution >= 4 is 64.6 Å². The van der Waals surface area contributed by atoms with E-state index in [9.17, 15) is 33.2 Å². The number of benzene rings is 12. The molecule has 18 aromatic rings. The van der Waals surface area contributed by atoms with Crippen LogP contribution in [0.15, 0.2) is 375 Å². The fourth-order valence-corrected chi connectivity index (χ4v) is 14.1. The Morgan fingerprint density at radius 2 is 0.569 bits per heavy atom. The highest BCUT2D eigenvalue weighted by molar-refractivity contribution is 5.85. The van der Waals surface area contributed by atoms with Gasteiger partial charge in [-0.2, -0.15) is 0 Å². The van der Waals surface area contributed by atoms with Crippen LogP contribution in [0.3, 0.4) is 0 Å². The minimum Gasteiger partial charge on any atom is -0.497 e. The Morgan fingerprint density at radius 1 is 0.267 bits per heavy atom. The van der Waals surface area contributed by atoms with Crippen LogP contribution in [0.25, 0.3) is 64.6 Å². The predicted octanol–water partition coefficient (Wildman–Crippen LogP) is 20.0. The van der Waals surface area contributed by atoms with Gasteiger partial charge in [-0.25, -0.2) is 4.39 Å². The number of pyridine rings is 6. The fraction of sp³-hybridized carbons (Fsp3) is 0.109. The maximum atomic E-state index is 12.8. The van der Waals surface area contributed by atoms with Crippen LogP contribution in [0.2, 0.25) is 0 Å². The van der Waals surface area contributed by atoms with Gasteiger partial charge in [-0.3, -0.25) is 28.8 Å². The molecule has 0 aliphatic heterocycles. The first-order valence-corrected chi connectivity index (χ1v) is 38.5. The van der Waals surface area contributed by atoms with Gasteiger partial charge in [0.25, 0.3) is 33.4 Å². The van der Waals surface area contributed by atoms with Gasteiger partial charge < -0.3 is 39.4 Å². The van der Waals surface area contributed by atoms with Crippen molar-refractivity contribution in [1.82, 2.24) is 29.9 Å². The fourth-order valence-electron chi connectivity index (χ4n) is 14.1. The van der Waals surface area contributed by atoms with E-state index in [0.717, 1.165) is 147 Å². The second-order valence-corrected chi connectivity index (χ2v) is 28.1. The van der Waals surface area contributed by atoms with Crippen LogP contribution in [-0.4, -0.2) is 44.1 Å². The Kier molecular flexibility index (Phi) is 26.8. The second-order valence-electron chi connectivity index (χ2n) is 28.1. The van der Waals surface area contributed by atoms with Gasteiger partial charge in [-0.1, -0.05) is 244 Å². The molecule has 0 saturated carbocycles. The van der Waals surface area contributed by atoms with E-state index in [1.54, 1.807) is 32.4 Å². The zero-order valence-corrected chi connectivity index (χ0v) is 64.6. The number of rotatable bonds is 16. The maximum Gasteiger partial charge on any atom is 0.256 e. The summed E-state index contributed by atoms with van der Waals surface area (Å²) < 4.78 is 23.2. The van der Waals surface area contributed by atoms with Crippen molar-refractivity contribution in [3.8, 4) is 11.5 Å². The zero-order chi connectivity index (χ0) is 80.5. The molecule has 6 heterocycles. The molecule has 1 atom stereocenters. The van der Waals surface area contributed by atoms with E-state index in [0.29, 0.717) is 24.6 Å². The normalized spacial score (nSPS) is 11.0. The standard InChI is InChI=1S/C18H17NO.2C17H15NO2.C17H15NO.C16H12FNO.C16H13NO/c1-2-15(13-8-4-3-5-9-13)17-12-14-10-6-7-11-16(14)18(20)19-17;1-20-15-7-4-5-12(10-15)9-14-11-13-6-2-3-8-16(13)17(19)18-14;1-20-15-8-6-12(7-9-15)10-14-11-13-4-2-3-5-16(13)17(19)18-14;19-17-16-9-5-4-8-14(16)12-15(18-17)11-10-13-6-2-1-3-7-13;17-13-7-5-11(6-8-13)9-14-10-12-3-1-2-4-15(12)16(19)18-14;18-16-15-9-5-4-8-13(15)11-14(17-16)10-12-6-2-1-3-7-12/h3-12,15H,2H2,1H3,(H,19,20);2-8,10-11H,9H2,1H3,(H,18,19);2-9,11H,10H2,1H3,(H,18,19);1-9,12H,10-11H2,(H,18,19);1-8,10H,9H2,(H,18,19);1-9,11H,10H2,(H,17,18). The van der Waals surface area contributed by atoms with E-state index in [4.69, 9.17) is 9.47 Å². The molecule has 15 heteroatoms. The molecule has 0 amide bonds. The highest BCUT2D eigenvalue weighted by atomic mass is 19.1. The first-order chi connectivity index (χ1) is 56.7. The first kappa shape index (κ1) is 79.5. The molecule has 0 radical (unpaired) electrons. The van der Waals surface area contributed by atoms with E-state index in [1.807, 2.05) is 267 Å². The Balaban J connectivity index is 0.000000121. The van der Waals surface area contributed by atoms with Crippen molar-refractivity contribution < 1.29 is 13.9 Å². The molecular formula is C101H87FN6O8. The number of methoxy groups -OCH3 is 2. The van der Waals surface area contributed by atoms with Crippen molar-refractivity contribution in [3.05, 3.63) is 481 Å². The average Bonchev–Trinajstić information content (AvgIpc) is 0.831. The van der Waals surface area contributed by atoms with Crippen molar-refractivity contribution in [3.63, 3.8) is 0 Å². The smallest absolute Gasteiger partial charge is 0.256 e. The summed E-state index contributed by atoms with van der Waals surface area (Å²) in [6.07, 6.45) is 5.46. The number of fused-ring (bicyclic) bond motifs is 6. The Bertz CT molecular complexity index is 6720. The number of aryl methyl sites for hydroxylation is 2. The molecule has 0 saturated heterocycles. The summed E-state index contributed by atoms with van der Waals surface area (Å²) in [5.41, 5.74) is 12.3. The van der Waals surface area contributed by atoms with Gasteiger partial charge in [0.1, 0.15) is 17.3 Å². The van der Waals surface area contributed by atoms with Crippen LogP contribution in [0.5, 0.6) is 11.5 Å². The Labute approximate surface area is 669 Å². The molecule has 0 aliphatic carbocycles. The van der Waals surface area contributed by atoms with E-state index in [1.165, 1.54) is 28.8 Å². The van der Waals surface area contributed by atoms with E-state index in [-0.39, 0.29) is 45.1 Å². The largest absolute Gasteiger partial charge is 0.497 e. The number of H-pyrrole nitrogens is 6. The molecule has 0 aliphatic rings. The number of aromatic amines is 6. The Morgan fingerprint density at radius 3 is 0.957 bits per heavy atom. The molecule has 1 unspecified atom stereocenters. The number of hydrogen-bond acceptors (Lipinski definition) is 8. The van der Waals surface area contributed by atoms with Crippen LogP contribution >= 0.6 is 0 Å². The van der Waals surface area contributed by atoms with Gasteiger partial charge >= 0.3 is 0 Å². The predicted molar refractivity (Wildman–Crippen MR) is 470 cm³/mol. The monoisotopic (exact) mass is 1530 g/mol. The number of nitrogens with one attached hydrogen (secondary N) is 6. The van der Waals surface area contributed by atoms with Crippen molar-refractivity contribution in [1.29, 1.82) is 0 Å². The minimum atomic E-state index is -0.254. The summed E-state index contributed by atoms with van der Waals surface area (Å²) in [6.45, 7) is 2.14. The van der Waals surface area contributed by atoms with E-state index in [2.05, 4.69) is 85.4 Å². The van der Waals surface area contributed by atoms with Gasteiger partial charge in [-0.15, -0.1) is 0 Å². The van der Waals surface area contributed by atoms with Gasteiger partial charge in [0.15, 0.2) is 0 Å². The van der Waals surface area contributed by atoms with Gasteiger partial charge in [-0.05, 0) is 194 Å². The lowest BCUT2D eigenvalue weighted by atomic mass is 9.92. The number of hydrogen-bond donors (Lipinski definition) is 6. The SMILES string of the molecule is CCC(c1ccccc1)c1cc2ccccc2c(=O)[nH]1.COc1ccc(Cc2cc3ccccc3c(=O)[nH]2)cc1.COc1cccc(Cc2cc3ccccc3c(=O)[nH]2)c1.O=c1[nH]c(CCc2ccccc2)cc2ccccc12.O=c1[nH]c(Cc2ccc(F)cc2)cc2ccccc12.O=c1[nH]c(Cc2ccccc2)cc2ccccc12. The summed E-state index contributed by atoms with van der Waals surface area (Å²) in [5, 5.41) is 10.2. The topological polar surface area (TPSA) is 216 Å². The molecule has 0 spiro atoms. The van der Waals surface area contributed by atoms with Gasteiger partial charge in [0.2, 0.25) is 0 Å². The van der Waals surface area contributed by atoms with Crippen LogP contribution in [0.1, 0.15) is 86.8 Å². The minimum absolute atomic E-state index is 0.00108. The average molecular weight is 1530 g/mol. The van der Waals surface area contributed by atoms with E-state index >= 15 is 0 Å². The lowest BCUT2D eigenvalue weighted by Crippen LogP contribution is -2.12. The number of halogens is 1. The summed E-state index contributed by atoms with van der Waals surface area (Å²) in [5.74, 6) is 1.63. The lowest BCUT2D eigenvalue weighted by molar-refractivity contribution is 0.414. The molecule has 18 rings (SSSR count). The van der Waals surface area contributed by atoms with Crippen molar-refractivity contribution in [2.45, 2.75) is 57.8 Å². The van der Waals surface area contributed by atoms with Crippen LogP contribution in [0.4, 0.5) is 4.39 Å². The van der Waals surface area contributed by atoms with Crippen molar-refractivity contribution in [2.75, 3.05) is 14.2 Å². The third kappa shape index (κ3) is 21.3. The molecule has 576 valence electrons. The van der Waals surface area contributed by atoms with E-state index < -0.39 is 0 Å². The van der Waals surface area contributed by atoms with Crippen LogP contribution in [-0.2, 0) is 38.5 Å². The third-order valence-electron chi connectivity index (χ3n) is 20.0. The second kappa shape index (κ2) is 39.1. The molecule has 6 N–H and O–H groups in total. The van der Waals surface area contributed by atoms with Gasteiger partial charge in [0, 0.05) is 98.1 Å². The molecule has 14 nitrogen and oxygen atoms in total. The summed E-state index contributed by atoms with van der Waals surface area (Å²) in [4.78, 5) is 89.8. The first-order valence-electron chi connectivity index (χ1n) is 38.5. The quantitative estimate of drug-likeness (QED) is 0.0546. The molecule has 116 heavy (non-hydrogen) atoms.